The second-order valence-electron chi connectivity index (χ2n) is 8.28. The Morgan fingerprint density at radius 3 is 2.30 bits per heavy atom. The van der Waals surface area contributed by atoms with Crippen LogP contribution in [0.25, 0.3) is 5.52 Å². The molecule has 2 saturated carbocycles. The predicted molar refractivity (Wildman–Crippen MR) is 105 cm³/mol. The molecule has 140 valence electrons. The van der Waals surface area contributed by atoms with Crippen LogP contribution in [0.3, 0.4) is 0 Å². The molecule has 2 fully saturated rings. The summed E-state index contributed by atoms with van der Waals surface area (Å²) in [6.45, 7) is 0. The lowest BCUT2D eigenvalue weighted by Gasteiger charge is -2.33. The standard InChI is InChI=1S/C23H26N2O2/c26-20-10-7-16(8-11-20)15-1-5-18(6-2-15)23(27)22-21(17-3-4-17)12-9-19-13-24-14-25(19)22/h7-15,17-18,23,26-27H,1-6H2/t15?,18?,23-/m1/s1. The molecule has 0 radical (unpaired) electrons. The van der Waals surface area contributed by atoms with E-state index < -0.39 is 6.10 Å². The van der Waals surface area contributed by atoms with Crippen LogP contribution in [0.1, 0.15) is 73.3 Å². The third-order valence-electron chi connectivity index (χ3n) is 6.54. The van der Waals surface area contributed by atoms with Gasteiger partial charge in [-0.15, -0.1) is 0 Å². The summed E-state index contributed by atoms with van der Waals surface area (Å²) in [4.78, 5) is 4.30. The van der Waals surface area contributed by atoms with Gasteiger partial charge < -0.3 is 14.6 Å². The van der Waals surface area contributed by atoms with Gasteiger partial charge in [0.1, 0.15) is 5.75 Å². The molecule has 2 aliphatic rings. The minimum atomic E-state index is -0.431. The Bertz CT molecular complexity index is 935. The first-order valence-electron chi connectivity index (χ1n) is 10.1. The van der Waals surface area contributed by atoms with Crippen LogP contribution in [0.5, 0.6) is 5.75 Å². The number of aromatic hydroxyl groups is 1. The van der Waals surface area contributed by atoms with E-state index in [9.17, 15) is 10.2 Å². The zero-order chi connectivity index (χ0) is 18.4. The number of pyridine rings is 1. The third kappa shape index (κ3) is 3.12. The molecule has 0 saturated heterocycles. The maximum Gasteiger partial charge on any atom is 0.115 e. The van der Waals surface area contributed by atoms with Crippen molar-refractivity contribution in [2.45, 2.75) is 56.5 Å². The van der Waals surface area contributed by atoms with Crippen molar-refractivity contribution < 1.29 is 10.2 Å². The van der Waals surface area contributed by atoms with E-state index in [-0.39, 0.29) is 0 Å². The first-order valence-corrected chi connectivity index (χ1v) is 10.1. The van der Waals surface area contributed by atoms with E-state index in [1.54, 1.807) is 12.1 Å². The number of nitrogens with zero attached hydrogens (tertiary/aromatic N) is 2. The van der Waals surface area contributed by atoms with E-state index in [2.05, 4.69) is 21.5 Å². The second-order valence-corrected chi connectivity index (χ2v) is 8.28. The van der Waals surface area contributed by atoms with Gasteiger partial charge in [0.05, 0.1) is 29.8 Å². The fraction of sp³-hybridized carbons (Fsp3) is 0.435. The van der Waals surface area contributed by atoms with Gasteiger partial charge in [0.25, 0.3) is 0 Å². The van der Waals surface area contributed by atoms with Crippen LogP contribution in [0.2, 0.25) is 0 Å². The van der Waals surface area contributed by atoms with E-state index in [0.717, 1.165) is 36.9 Å². The molecule has 27 heavy (non-hydrogen) atoms. The van der Waals surface area contributed by atoms with Crippen molar-refractivity contribution in [2.75, 3.05) is 0 Å². The van der Waals surface area contributed by atoms with Crippen LogP contribution in [-0.4, -0.2) is 19.6 Å². The quantitative estimate of drug-likeness (QED) is 0.692. The van der Waals surface area contributed by atoms with Crippen LogP contribution < -0.4 is 0 Å². The highest BCUT2D eigenvalue weighted by Gasteiger charge is 2.34. The third-order valence-corrected chi connectivity index (χ3v) is 6.54. The summed E-state index contributed by atoms with van der Waals surface area (Å²) in [5, 5.41) is 20.8. The number of phenolic OH excluding ortho intramolecular Hbond substituents is 1. The number of phenols is 1. The predicted octanol–water partition coefficient (Wildman–Crippen LogP) is 4.92. The Morgan fingerprint density at radius 1 is 0.889 bits per heavy atom. The van der Waals surface area contributed by atoms with Gasteiger partial charge >= 0.3 is 0 Å². The van der Waals surface area contributed by atoms with E-state index in [4.69, 9.17) is 0 Å². The summed E-state index contributed by atoms with van der Waals surface area (Å²) < 4.78 is 2.10. The number of hydrogen-bond donors (Lipinski definition) is 2. The lowest BCUT2D eigenvalue weighted by atomic mass is 9.75. The van der Waals surface area contributed by atoms with Gasteiger partial charge in [0.2, 0.25) is 0 Å². The Hall–Kier alpha value is -2.33. The van der Waals surface area contributed by atoms with Gasteiger partial charge in [0.15, 0.2) is 0 Å². The molecule has 3 aromatic rings. The van der Waals surface area contributed by atoms with Crippen molar-refractivity contribution in [2.24, 2.45) is 5.92 Å². The number of fused-ring (bicyclic) bond motifs is 1. The van der Waals surface area contributed by atoms with Crippen molar-refractivity contribution in [3.8, 4) is 5.75 Å². The highest BCUT2D eigenvalue weighted by molar-refractivity contribution is 5.50. The summed E-state index contributed by atoms with van der Waals surface area (Å²) in [7, 11) is 0. The molecule has 0 aliphatic heterocycles. The van der Waals surface area contributed by atoms with Crippen molar-refractivity contribution in [1.82, 2.24) is 9.38 Å². The number of imidazole rings is 1. The summed E-state index contributed by atoms with van der Waals surface area (Å²) in [5.41, 5.74) is 4.75. The van der Waals surface area contributed by atoms with Gasteiger partial charge in [-0.05, 0) is 85.6 Å². The molecule has 2 N–H and O–H groups in total. The number of aliphatic hydroxyl groups is 1. The average Bonchev–Trinajstić information content (AvgIpc) is 3.44. The molecular formula is C23H26N2O2. The van der Waals surface area contributed by atoms with Crippen LogP contribution in [0, 0.1) is 5.92 Å². The minimum absolute atomic E-state index is 0.295. The Morgan fingerprint density at radius 2 is 1.59 bits per heavy atom. The fourth-order valence-electron chi connectivity index (χ4n) is 4.82. The number of aliphatic hydroxyl groups excluding tert-OH is 1. The maximum atomic E-state index is 11.3. The van der Waals surface area contributed by atoms with Gasteiger partial charge in [-0.2, -0.15) is 0 Å². The molecule has 0 bridgehead atoms. The molecule has 1 atom stereocenters. The zero-order valence-electron chi connectivity index (χ0n) is 15.5. The number of benzene rings is 1. The molecule has 2 aliphatic carbocycles. The van der Waals surface area contributed by atoms with Crippen molar-refractivity contribution >= 4 is 5.52 Å². The Balaban J connectivity index is 1.37. The van der Waals surface area contributed by atoms with Gasteiger partial charge in [-0.25, -0.2) is 4.98 Å². The van der Waals surface area contributed by atoms with Crippen molar-refractivity contribution in [1.29, 1.82) is 0 Å². The molecule has 0 unspecified atom stereocenters. The maximum absolute atomic E-state index is 11.3. The molecule has 0 amide bonds. The summed E-state index contributed by atoms with van der Waals surface area (Å²) >= 11 is 0. The van der Waals surface area contributed by atoms with Crippen molar-refractivity contribution in [3.05, 3.63) is 65.7 Å². The second kappa shape index (κ2) is 6.68. The van der Waals surface area contributed by atoms with Crippen LogP contribution >= 0.6 is 0 Å². The molecule has 1 aromatic carbocycles. The number of aromatic nitrogens is 2. The zero-order valence-corrected chi connectivity index (χ0v) is 15.5. The first kappa shape index (κ1) is 16.8. The van der Waals surface area contributed by atoms with E-state index in [1.165, 1.54) is 24.0 Å². The van der Waals surface area contributed by atoms with Gasteiger partial charge in [-0.3, -0.25) is 0 Å². The Kier molecular flexibility index (Phi) is 4.16. The molecule has 4 nitrogen and oxygen atoms in total. The molecule has 5 rings (SSSR count). The lowest BCUT2D eigenvalue weighted by Crippen LogP contribution is -2.22. The summed E-state index contributed by atoms with van der Waals surface area (Å²) in [5.74, 6) is 1.75. The molecule has 0 spiro atoms. The van der Waals surface area contributed by atoms with Crippen molar-refractivity contribution in [3.63, 3.8) is 0 Å². The highest BCUT2D eigenvalue weighted by atomic mass is 16.3. The largest absolute Gasteiger partial charge is 0.508 e. The average molecular weight is 362 g/mol. The topological polar surface area (TPSA) is 57.8 Å². The summed E-state index contributed by atoms with van der Waals surface area (Å²) in [6.07, 6.45) is 9.98. The SMILES string of the molecule is Oc1ccc(C2CCC([C@@H](O)c3c(C4CC4)ccc4cncn34)CC2)cc1. The number of rotatable bonds is 4. The van der Waals surface area contributed by atoms with E-state index in [1.807, 2.05) is 24.7 Å². The molecule has 2 aromatic heterocycles. The summed E-state index contributed by atoms with van der Waals surface area (Å²) in [6, 6.07) is 12.0. The van der Waals surface area contributed by atoms with E-state index in [0.29, 0.717) is 23.5 Å². The molecular weight excluding hydrogens is 336 g/mol. The lowest BCUT2D eigenvalue weighted by molar-refractivity contribution is 0.0754. The normalized spacial score (nSPS) is 24.2. The molecule has 4 heteroatoms. The minimum Gasteiger partial charge on any atom is -0.508 e. The Labute approximate surface area is 159 Å². The van der Waals surface area contributed by atoms with Gasteiger partial charge in [0, 0.05) is 0 Å². The first-order chi connectivity index (χ1) is 13.2. The van der Waals surface area contributed by atoms with Crippen LogP contribution in [0.15, 0.2) is 48.9 Å². The molecule has 2 heterocycles. The smallest absolute Gasteiger partial charge is 0.115 e. The van der Waals surface area contributed by atoms with Crippen LogP contribution in [0.4, 0.5) is 0 Å². The number of hydrogen-bond acceptors (Lipinski definition) is 3. The monoisotopic (exact) mass is 362 g/mol. The van der Waals surface area contributed by atoms with Gasteiger partial charge in [-0.1, -0.05) is 18.2 Å². The fourth-order valence-corrected chi connectivity index (χ4v) is 4.82. The van der Waals surface area contributed by atoms with E-state index >= 15 is 0 Å². The highest BCUT2D eigenvalue weighted by Crippen LogP contribution is 2.47. The van der Waals surface area contributed by atoms with Crippen LogP contribution in [-0.2, 0) is 0 Å².